The van der Waals surface area contributed by atoms with Gasteiger partial charge < -0.3 is 5.32 Å². The molecule has 2 aromatic rings. The summed E-state index contributed by atoms with van der Waals surface area (Å²) in [5.74, 6) is -0.575. The lowest BCUT2D eigenvalue weighted by Gasteiger charge is -2.28. The van der Waals surface area contributed by atoms with Gasteiger partial charge >= 0.3 is 6.03 Å². The predicted molar refractivity (Wildman–Crippen MR) is 76.3 cm³/mol. The molecule has 5 nitrogen and oxygen atoms in total. The summed E-state index contributed by atoms with van der Waals surface area (Å²) in [6, 6.07) is 9.08. The average Bonchev–Trinajstić information content (AvgIpc) is 2.42. The number of halogens is 1. The van der Waals surface area contributed by atoms with Crippen molar-refractivity contribution in [3.05, 3.63) is 53.8 Å². The minimum Gasteiger partial charge on any atom is -0.305 e. The maximum Gasteiger partial charge on any atom is 0.340 e. The third-order valence-corrected chi connectivity index (χ3v) is 4.99. The molecule has 3 rings (SSSR count). The number of aryl methyl sites for hydroxylation is 1. The van der Waals surface area contributed by atoms with Crippen LogP contribution in [0.1, 0.15) is 5.56 Å². The standard InChI is InChI=1S/C14H11FN2O3S/c1-9-6-7-10(8-11(9)15)17-14(18)16-12-4-2-3-5-13(12)21(17,19)20/h2-8H,1H3,(H,16,18). The summed E-state index contributed by atoms with van der Waals surface area (Å²) in [4.78, 5) is 12.1. The van der Waals surface area contributed by atoms with Crippen molar-refractivity contribution < 1.29 is 17.6 Å². The van der Waals surface area contributed by atoms with Crippen LogP contribution in [0.3, 0.4) is 0 Å². The van der Waals surface area contributed by atoms with Crippen molar-refractivity contribution in [1.82, 2.24) is 0 Å². The minimum atomic E-state index is -4.06. The molecule has 0 radical (unpaired) electrons. The van der Waals surface area contributed by atoms with Gasteiger partial charge in [0.25, 0.3) is 10.0 Å². The summed E-state index contributed by atoms with van der Waals surface area (Å²) >= 11 is 0. The van der Waals surface area contributed by atoms with E-state index in [1.54, 1.807) is 19.1 Å². The number of para-hydroxylation sites is 1. The molecular formula is C14H11FN2O3S. The van der Waals surface area contributed by atoms with Crippen LogP contribution in [0.5, 0.6) is 0 Å². The van der Waals surface area contributed by atoms with Crippen LogP contribution in [-0.4, -0.2) is 14.4 Å². The molecule has 0 aromatic heterocycles. The van der Waals surface area contributed by atoms with E-state index in [1.165, 1.54) is 24.3 Å². The molecule has 21 heavy (non-hydrogen) atoms. The van der Waals surface area contributed by atoms with E-state index < -0.39 is 21.9 Å². The van der Waals surface area contributed by atoms with E-state index in [9.17, 15) is 17.6 Å². The number of urea groups is 1. The number of nitrogens with one attached hydrogen (secondary N) is 1. The summed E-state index contributed by atoms with van der Waals surface area (Å²) in [6.07, 6.45) is 0. The SMILES string of the molecule is Cc1ccc(N2C(=O)Nc3ccccc3S2(=O)=O)cc1F. The van der Waals surface area contributed by atoms with Crippen LogP contribution in [0.2, 0.25) is 0 Å². The quantitative estimate of drug-likeness (QED) is 0.881. The first-order valence-corrected chi connectivity index (χ1v) is 7.57. The molecule has 1 aliphatic heterocycles. The fourth-order valence-electron chi connectivity index (χ4n) is 2.13. The molecule has 0 atom stereocenters. The van der Waals surface area contributed by atoms with Gasteiger partial charge in [0, 0.05) is 0 Å². The Morgan fingerprint density at radius 2 is 1.86 bits per heavy atom. The van der Waals surface area contributed by atoms with Gasteiger partial charge in [0.2, 0.25) is 0 Å². The highest BCUT2D eigenvalue weighted by molar-refractivity contribution is 7.94. The van der Waals surface area contributed by atoms with Gasteiger partial charge in [-0.1, -0.05) is 18.2 Å². The third kappa shape index (κ3) is 2.06. The Labute approximate surface area is 121 Å². The first kappa shape index (κ1) is 13.6. The molecule has 0 saturated heterocycles. The lowest BCUT2D eigenvalue weighted by atomic mass is 10.2. The number of carbonyl (C=O) groups is 1. The first-order chi connectivity index (χ1) is 9.91. The molecule has 108 valence electrons. The van der Waals surface area contributed by atoms with Crippen molar-refractivity contribution >= 4 is 27.4 Å². The first-order valence-electron chi connectivity index (χ1n) is 6.13. The number of amides is 2. The highest BCUT2D eigenvalue weighted by Gasteiger charge is 2.37. The molecule has 2 amide bonds. The Hall–Kier alpha value is -2.41. The van der Waals surface area contributed by atoms with Crippen molar-refractivity contribution in [2.45, 2.75) is 11.8 Å². The van der Waals surface area contributed by atoms with E-state index in [2.05, 4.69) is 5.32 Å². The van der Waals surface area contributed by atoms with Crippen LogP contribution in [0.15, 0.2) is 47.4 Å². The van der Waals surface area contributed by atoms with E-state index in [0.29, 0.717) is 9.87 Å². The van der Waals surface area contributed by atoms with Gasteiger partial charge in [0.15, 0.2) is 0 Å². The second kappa shape index (κ2) is 4.56. The largest absolute Gasteiger partial charge is 0.340 e. The van der Waals surface area contributed by atoms with Gasteiger partial charge in [0.1, 0.15) is 10.7 Å². The molecule has 2 aromatic carbocycles. The van der Waals surface area contributed by atoms with E-state index in [1.807, 2.05) is 0 Å². The van der Waals surface area contributed by atoms with E-state index in [-0.39, 0.29) is 16.3 Å². The zero-order valence-corrected chi connectivity index (χ0v) is 11.8. The van der Waals surface area contributed by atoms with Crippen LogP contribution in [0.25, 0.3) is 0 Å². The van der Waals surface area contributed by atoms with Gasteiger partial charge in [-0.25, -0.2) is 17.6 Å². The normalized spacial score (nSPS) is 16.3. The van der Waals surface area contributed by atoms with Crippen molar-refractivity contribution in [3.63, 3.8) is 0 Å². The lowest BCUT2D eigenvalue weighted by Crippen LogP contribution is -2.44. The van der Waals surface area contributed by atoms with Crippen LogP contribution < -0.4 is 9.62 Å². The molecule has 1 heterocycles. The van der Waals surface area contributed by atoms with Crippen molar-refractivity contribution in [2.24, 2.45) is 0 Å². The second-order valence-corrected chi connectivity index (χ2v) is 6.38. The fraction of sp³-hybridized carbons (Fsp3) is 0.0714. The van der Waals surface area contributed by atoms with Crippen LogP contribution in [-0.2, 0) is 10.0 Å². The maximum atomic E-state index is 13.7. The van der Waals surface area contributed by atoms with Crippen LogP contribution >= 0.6 is 0 Å². The number of hydrogen-bond acceptors (Lipinski definition) is 3. The van der Waals surface area contributed by atoms with Crippen molar-refractivity contribution in [1.29, 1.82) is 0 Å². The topological polar surface area (TPSA) is 66.5 Å². The number of fused-ring (bicyclic) bond motifs is 1. The number of benzene rings is 2. The molecule has 7 heteroatoms. The molecule has 0 bridgehead atoms. The van der Waals surface area contributed by atoms with Gasteiger partial charge in [-0.05, 0) is 36.8 Å². The Morgan fingerprint density at radius 3 is 2.57 bits per heavy atom. The van der Waals surface area contributed by atoms with E-state index in [0.717, 1.165) is 6.07 Å². The molecule has 0 aliphatic carbocycles. The van der Waals surface area contributed by atoms with Gasteiger partial charge in [-0.3, -0.25) is 0 Å². The number of carbonyl (C=O) groups excluding carboxylic acids is 1. The van der Waals surface area contributed by atoms with E-state index in [4.69, 9.17) is 0 Å². The average molecular weight is 306 g/mol. The number of anilines is 2. The zero-order valence-electron chi connectivity index (χ0n) is 11.0. The molecule has 1 aliphatic rings. The van der Waals surface area contributed by atoms with Gasteiger partial charge in [-0.2, -0.15) is 4.31 Å². The summed E-state index contributed by atoms with van der Waals surface area (Å²) in [5, 5.41) is 2.48. The Kier molecular flexibility index (Phi) is 2.94. The molecule has 0 saturated carbocycles. The van der Waals surface area contributed by atoms with Crippen LogP contribution in [0, 0.1) is 12.7 Å². The summed E-state index contributed by atoms with van der Waals surface area (Å²) in [5.41, 5.74) is 0.547. The summed E-state index contributed by atoms with van der Waals surface area (Å²) in [6.45, 7) is 1.55. The summed E-state index contributed by atoms with van der Waals surface area (Å²) in [7, 11) is -4.06. The zero-order chi connectivity index (χ0) is 15.2. The predicted octanol–water partition coefficient (Wildman–Crippen LogP) is 2.87. The lowest BCUT2D eigenvalue weighted by molar-refractivity contribution is 0.259. The Morgan fingerprint density at radius 1 is 1.14 bits per heavy atom. The highest BCUT2D eigenvalue weighted by atomic mass is 32.2. The molecule has 1 N–H and O–H groups in total. The van der Waals surface area contributed by atoms with Crippen LogP contribution in [0.4, 0.5) is 20.6 Å². The monoisotopic (exact) mass is 306 g/mol. The third-order valence-electron chi connectivity index (χ3n) is 3.22. The molecule has 0 spiro atoms. The minimum absolute atomic E-state index is 0.0226. The number of rotatable bonds is 1. The second-order valence-electron chi connectivity index (χ2n) is 4.63. The van der Waals surface area contributed by atoms with Crippen molar-refractivity contribution in [3.8, 4) is 0 Å². The van der Waals surface area contributed by atoms with Gasteiger partial charge in [0.05, 0.1) is 11.4 Å². The number of hydrogen-bond donors (Lipinski definition) is 1. The molecule has 0 unspecified atom stereocenters. The fourth-order valence-corrected chi connectivity index (χ4v) is 3.63. The number of sulfonamides is 1. The molecular weight excluding hydrogens is 295 g/mol. The van der Waals surface area contributed by atoms with Gasteiger partial charge in [-0.15, -0.1) is 0 Å². The number of nitrogens with zero attached hydrogens (tertiary/aromatic N) is 1. The smallest absolute Gasteiger partial charge is 0.305 e. The Balaban J connectivity index is 2.20. The van der Waals surface area contributed by atoms with E-state index >= 15 is 0 Å². The van der Waals surface area contributed by atoms with Crippen molar-refractivity contribution in [2.75, 3.05) is 9.62 Å². The summed E-state index contributed by atoms with van der Waals surface area (Å²) < 4.78 is 39.3. The highest BCUT2D eigenvalue weighted by Crippen LogP contribution is 2.33. The maximum absolute atomic E-state index is 13.7. The Bertz CT molecular complexity index is 849. The molecule has 0 fully saturated rings.